The van der Waals surface area contributed by atoms with Crippen molar-refractivity contribution in [3.05, 3.63) is 58.1 Å². The molecule has 0 bridgehead atoms. The Morgan fingerprint density at radius 1 is 1.15 bits per heavy atom. The molecule has 1 N–H and O–H groups in total. The lowest BCUT2D eigenvalue weighted by atomic mass is 10.1. The van der Waals surface area contributed by atoms with Gasteiger partial charge in [-0.3, -0.25) is 0 Å². The molecule has 2 aromatic rings. The van der Waals surface area contributed by atoms with Crippen LogP contribution in [0.5, 0.6) is 11.5 Å². The molecule has 3 nitrogen and oxygen atoms in total. The Balaban J connectivity index is 2.10. The van der Waals surface area contributed by atoms with Crippen molar-refractivity contribution in [1.29, 1.82) is 0 Å². The molecule has 0 radical (unpaired) electrons. The Hall–Kier alpha value is -1.52. The summed E-state index contributed by atoms with van der Waals surface area (Å²) in [6, 6.07) is 13.2. The summed E-state index contributed by atoms with van der Waals surface area (Å²) in [6.45, 7) is 2.17. The molecule has 0 aliphatic heterocycles. The van der Waals surface area contributed by atoms with Gasteiger partial charge in [-0.25, -0.2) is 0 Å². The zero-order valence-corrected chi connectivity index (χ0v) is 13.1. The lowest BCUT2D eigenvalue weighted by Gasteiger charge is -2.11. The second kappa shape index (κ2) is 6.77. The fourth-order valence-electron chi connectivity index (χ4n) is 1.81. The molecular formula is C16H17BrO3. The van der Waals surface area contributed by atoms with Gasteiger partial charge >= 0.3 is 0 Å². The van der Waals surface area contributed by atoms with Crippen LogP contribution >= 0.6 is 15.9 Å². The van der Waals surface area contributed by atoms with Gasteiger partial charge in [-0.05, 0) is 42.8 Å². The monoisotopic (exact) mass is 336 g/mol. The Bertz CT molecular complexity index is 582. The third kappa shape index (κ3) is 3.74. The minimum absolute atomic E-state index is 0.432. The first-order valence-corrected chi connectivity index (χ1v) is 7.12. The molecule has 0 saturated heterocycles. The first-order chi connectivity index (χ1) is 9.60. The van der Waals surface area contributed by atoms with Crippen LogP contribution in [0.3, 0.4) is 0 Å². The van der Waals surface area contributed by atoms with Gasteiger partial charge in [0.05, 0.1) is 13.2 Å². The van der Waals surface area contributed by atoms with E-state index in [1.165, 1.54) is 0 Å². The fraction of sp³-hybridized carbons (Fsp3) is 0.250. The van der Waals surface area contributed by atoms with Crippen molar-refractivity contribution in [2.24, 2.45) is 0 Å². The van der Waals surface area contributed by atoms with Crippen molar-refractivity contribution in [3.63, 3.8) is 0 Å². The van der Waals surface area contributed by atoms with Crippen LogP contribution in [0.2, 0.25) is 0 Å². The van der Waals surface area contributed by atoms with E-state index in [1.807, 2.05) is 42.5 Å². The van der Waals surface area contributed by atoms with Gasteiger partial charge in [0, 0.05) is 10.0 Å². The number of halogens is 1. The van der Waals surface area contributed by atoms with Crippen molar-refractivity contribution in [3.8, 4) is 11.5 Å². The van der Waals surface area contributed by atoms with Gasteiger partial charge in [0.2, 0.25) is 0 Å². The third-order valence-electron chi connectivity index (χ3n) is 2.99. The first kappa shape index (κ1) is 14.9. The van der Waals surface area contributed by atoms with Gasteiger partial charge < -0.3 is 14.6 Å². The largest absolute Gasteiger partial charge is 0.497 e. The fourth-order valence-corrected chi connectivity index (χ4v) is 2.18. The molecule has 4 heteroatoms. The van der Waals surface area contributed by atoms with Gasteiger partial charge in [0.25, 0.3) is 0 Å². The van der Waals surface area contributed by atoms with Crippen LogP contribution in [0.4, 0.5) is 0 Å². The highest BCUT2D eigenvalue weighted by atomic mass is 79.9. The second-order valence-corrected chi connectivity index (χ2v) is 5.35. The zero-order chi connectivity index (χ0) is 14.5. The quantitative estimate of drug-likeness (QED) is 0.893. The van der Waals surface area contributed by atoms with Gasteiger partial charge in [0.1, 0.15) is 18.1 Å². The highest BCUT2D eigenvalue weighted by molar-refractivity contribution is 9.10. The maximum atomic E-state index is 9.57. The molecule has 0 spiro atoms. The topological polar surface area (TPSA) is 38.7 Å². The molecule has 0 saturated carbocycles. The van der Waals surface area contributed by atoms with E-state index in [-0.39, 0.29) is 0 Å². The first-order valence-electron chi connectivity index (χ1n) is 6.33. The molecule has 0 aromatic heterocycles. The average molecular weight is 337 g/mol. The summed E-state index contributed by atoms with van der Waals surface area (Å²) in [5, 5.41) is 9.57. The van der Waals surface area contributed by atoms with Crippen molar-refractivity contribution in [2.45, 2.75) is 19.6 Å². The average Bonchev–Trinajstić information content (AvgIpc) is 2.46. The lowest BCUT2D eigenvalue weighted by Crippen LogP contribution is -1.98. The van der Waals surface area contributed by atoms with Crippen LogP contribution in [0.15, 0.2) is 46.9 Å². The summed E-state index contributed by atoms with van der Waals surface area (Å²) in [4.78, 5) is 0. The zero-order valence-electron chi connectivity index (χ0n) is 11.5. The lowest BCUT2D eigenvalue weighted by molar-refractivity contribution is 0.198. The summed E-state index contributed by atoms with van der Waals surface area (Å²) in [6.07, 6.45) is -0.498. The molecule has 0 aliphatic carbocycles. The van der Waals surface area contributed by atoms with Gasteiger partial charge in [-0.1, -0.05) is 28.1 Å². The van der Waals surface area contributed by atoms with Crippen LogP contribution < -0.4 is 9.47 Å². The third-order valence-corrected chi connectivity index (χ3v) is 3.76. The molecule has 2 rings (SSSR count). The Kier molecular flexibility index (Phi) is 5.04. The minimum atomic E-state index is -0.498. The molecular weight excluding hydrogens is 320 g/mol. The Labute approximate surface area is 127 Å². The second-order valence-electron chi connectivity index (χ2n) is 4.49. The smallest absolute Gasteiger partial charge is 0.120 e. The molecule has 106 valence electrons. The number of rotatable bonds is 5. The summed E-state index contributed by atoms with van der Waals surface area (Å²) in [5.74, 6) is 1.53. The van der Waals surface area contributed by atoms with E-state index in [9.17, 15) is 5.11 Å². The molecule has 1 atom stereocenters. The van der Waals surface area contributed by atoms with Crippen molar-refractivity contribution < 1.29 is 14.6 Å². The van der Waals surface area contributed by atoms with E-state index in [0.29, 0.717) is 6.61 Å². The molecule has 0 fully saturated rings. The SMILES string of the molecule is COc1ccc(Br)c(COc2cccc(C(C)O)c2)c1. The molecule has 1 unspecified atom stereocenters. The van der Waals surface area contributed by atoms with E-state index in [2.05, 4.69) is 15.9 Å². The Morgan fingerprint density at radius 2 is 1.95 bits per heavy atom. The standard InChI is InChI=1S/C16H17BrO3/c1-11(18)12-4-3-5-15(8-12)20-10-13-9-14(19-2)6-7-16(13)17/h3-9,11,18H,10H2,1-2H3. The van der Waals surface area contributed by atoms with E-state index in [4.69, 9.17) is 9.47 Å². The number of hydrogen-bond acceptors (Lipinski definition) is 3. The Morgan fingerprint density at radius 3 is 2.65 bits per heavy atom. The highest BCUT2D eigenvalue weighted by Crippen LogP contribution is 2.25. The number of methoxy groups -OCH3 is 1. The number of benzene rings is 2. The predicted octanol–water partition coefficient (Wildman–Crippen LogP) is 4.09. The molecule has 20 heavy (non-hydrogen) atoms. The maximum Gasteiger partial charge on any atom is 0.120 e. The van der Waals surface area contributed by atoms with Crippen molar-refractivity contribution in [2.75, 3.05) is 7.11 Å². The number of ether oxygens (including phenoxy) is 2. The van der Waals surface area contributed by atoms with Crippen LogP contribution in [-0.2, 0) is 6.61 Å². The van der Waals surface area contributed by atoms with Gasteiger partial charge in [-0.2, -0.15) is 0 Å². The summed E-state index contributed by atoms with van der Waals surface area (Å²) >= 11 is 3.50. The number of aliphatic hydroxyl groups excluding tert-OH is 1. The van der Waals surface area contributed by atoms with Crippen LogP contribution in [-0.4, -0.2) is 12.2 Å². The number of aliphatic hydroxyl groups is 1. The van der Waals surface area contributed by atoms with E-state index >= 15 is 0 Å². The minimum Gasteiger partial charge on any atom is -0.497 e. The van der Waals surface area contributed by atoms with E-state index in [1.54, 1.807) is 14.0 Å². The molecule has 0 aliphatic rings. The van der Waals surface area contributed by atoms with Crippen LogP contribution in [0, 0.1) is 0 Å². The van der Waals surface area contributed by atoms with E-state index < -0.39 is 6.10 Å². The normalized spacial score (nSPS) is 12.0. The van der Waals surface area contributed by atoms with Crippen molar-refractivity contribution in [1.82, 2.24) is 0 Å². The van der Waals surface area contributed by atoms with E-state index in [0.717, 1.165) is 27.1 Å². The van der Waals surface area contributed by atoms with Gasteiger partial charge in [0.15, 0.2) is 0 Å². The summed E-state index contributed by atoms with van der Waals surface area (Å²) in [7, 11) is 1.64. The predicted molar refractivity (Wildman–Crippen MR) is 82.1 cm³/mol. The summed E-state index contributed by atoms with van der Waals surface area (Å²) in [5.41, 5.74) is 1.85. The number of hydrogen-bond donors (Lipinski definition) is 1. The highest BCUT2D eigenvalue weighted by Gasteiger charge is 2.05. The van der Waals surface area contributed by atoms with Gasteiger partial charge in [-0.15, -0.1) is 0 Å². The van der Waals surface area contributed by atoms with Crippen molar-refractivity contribution >= 4 is 15.9 Å². The molecule has 0 amide bonds. The molecule has 2 aromatic carbocycles. The maximum absolute atomic E-state index is 9.57. The summed E-state index contributed by atoms with van der Waals surface area (Å²) < 4.78 is 11.9. The van der Waals surface area contributed by atoms with Crippen LogP contribution in [0.25, 0.3) is 0 Å². The van der Waals surface area contributed by atoms with Crippen LogP contribution in [0.1, 0.15) is 24.2 Å². The molecule has 0 heterocycles.